The molecule has 0 aromatic carbocycles. The maximum Gasteiger partial charge on any atom is 0.169 e. The maximum atomic E-state index is 7.03. The van der Waals surface area contributed by atoms with Crippen LogP contribution in [0, 0.1) is 0 Å². The molecule has 0 amide bonds. The average molecular weight is 195 g/mol. The van der Waals surface area contributed by atoms with Gasteiger partial charge in [0.05, 0.1) is 0 Å². The van der Waals surface area contributed by atoms with Crippen LogP contribution in [0.15, 0.2) is 10.7 Å². The minimum Gasteiger partial charge on any atom is -0.439 e. The standard InChI is InChI=1S/C2H3.H3OSi.Sn.2H/c2*1-2;;;/h2*1H,2H2;;;. The fourth-order valence-corrected chi connectivity index (χ4v) is 0. The largest absolute Gasteiger partial charge is 0.439 e. The van der Waals surface area contributed by atoms with Crippen molar-refractivity contribution in [1.82, 2.24) is 0 Å². The molecule has 2 radical (unpaired) electrons. The predicted molar refractivity (Wildman–Crippen MR) is 29.5 cm³/mol. The Morgan fingerprint density at radius 1 is 1.80 bits per heavy atom. The normalized spacial score (nSPS) is 3.80. The summed E-state index contributed by atoms with van der Waals surface area (Å²) in [4.78, 5) is 7.03. The summed E-state index contributed by atoms with van der Waals surface area (Å²) in [5.41, 5.74) is 0. The Balaban J connectivity index is 0. The van der Waals surface area contributed by atoms with E-state index < -0.39 is 0 Å². The first kappa shape index (κ1) is 9.21. The molecule has 0 saturated carbocycles. The SMILES string of the molecule is C=[CH][SnH2].O[SiH2]. The Kier molecular flexibility index (Phi) is 40.7. The van der Waals surface area contributed by atoms with Crippen molar-refractivity contribution < 1.29 is 4.80 Å². The molecule has 0 aromatic heterocycles. The molecular formula is C2H8OSiSn. The molecule has 30 valence electrons. The number of rotatable bonds is 0. The van der Waals surface area contributed by atoms with Crippen molar-refractivity contribution in [2.45, 2.75) is 0 Å². The summed E-state index contributed by atoms with van der Waals surface area (Å²) >= 11 is 0.963. The molecule has 0 aliphatic rings. The smallest absolute Gasteiger partial charge is 0.169 e. The van der Waals surface area contributed by atoms with Gasteiger partial charge < -0.3 is 4.80 Å². The van der Waals surface area contributed by atoms with Gasteiger partial charge in [-0.1, -0.05) is 0 Å². The first-order valence-corrected chi connectivity index (χ1v) is 4.10. The van der Waals surface area contributed by atoms with Gasteiger partial charge in [0.2, 0.25) is 0 Å². The Morgan fingerprint density at radius 3 is 1.80 bits per heavy atom. The van der Waals surface area contributed by atoms with Crippen LogP contribution in [0.3, 0.4) is 0 Å². The number of hydrogen-bond donors (Lipinski definition) is 1. The van der Waals surface area contributed by atoms with Gasteiger partial charge in [-0.3, -0.25) is 0 Å². The first-order chi connectivity index (χ1) is 2.41. The van der Waals surface area contributed by atoms with Crippen molar-refractivity contribution in [2.75, 3.05) is 0 Å². The van der Waals surface area contributed by atoms with Gasteiger partial charge >= 0.3 is 33.2 Å². The van der Waals surface area contributed by atoms with Crippen LogP contribution in [-0.4, -0.2) is 37.8 Å². The molecule has 0 atom stereocenters. The zero-order valence-electron chi connectivity index (χ0n) is 3.15. The van der Waals surface area contributed by atoms with E-state index in [2.05, 4.69) is 6.58 Å². The summed E-state index contributed by atoms with van der Waals surface area (Å²) in [6.45, 7) is 3.44. The van der Waals surface area contributed by atoms with Crippen molar-refractivity contribution in [2.24, 2.45) is 0 Å². The van der Waals surface area contributed by atoms with E-state index in [1.165, 1.54) is 0 Å². The van der Waals surface area contributed by atoms with Crippen molar-refractivity contribution in [3.8, 4) is 0 Å². The van der Waals surface area contributed by atoms with Crippen LogP contribution < -0.4 is 0 Å². The Morgan fingerprint density at radius 2 is 1.80 bits per heavy atom. The quantitative estimate of drug-likeness (QED) is 0.456. The van der Waals surface area contributed by atoms with E-state index >= 15 is 0 Å². The van der Waals surface area contributed by atoms with Crippen molar-refractivity contribution in [1.29, 1.82) is 0 Å². The van der Waals surface area contributed by atoms with Crippen LogP contribution in [0.25, 0.3) is 0 Å². The third-order valence-corrected chi connectivity index (χ3v) is 0. The summed E-state index contributed by atoms with van der Waals surface area (Å²) in [5.74, 6) is 0. The molecule has 0 spiro atoms. The maximum absolute atomic E-state index is 7.03. The van der Waals surface area contributed by atoms with E-state index in [1.807, 2.05) is 4.09 Å². The molecule has 5 heavy (non-hydrogen) atoms. The van der Waals surface area contributed by atoms with E-state index in [4.69, 9.17) is 4.80 Å². The van der Waals surface area contributed by atoms with Crippen molar-refractivity contribution in [3.05, 3.63) is 10.7 Å². The van der Waals surface area contributed by atoms with Crippen molar-refractivity contribution in [3.63, 3.8) is 0 Å². The van der Waals surface area contributed by atoms with Crippen LogP contribution >= 0.6 is 0 Å². The minimum atomic E-state index is 0.861. The van der Waals surface area contributed by atoms with Crippen LogP contribution in [0.5, 0.6) is 0 Å². The summed E-state index contributed by atoms with van der Waals surface area (Å²) < 4.78 is 1.92. The monoisotopic (exact) mass is 196 g/mol. The zero-order valence-corrected chi connectivity index (χ0v) is 8.60. The minimum absolute atomic E-state index is 0.861. The first-order valence-electron chi connectivity index (χ1n) is 1.13. The summed E-state index contributed by atoms with van der Waals surface area (Å²) in [7, 11) is 0.861. The Bertz CT molecular complexity index is 17.1. The van der Waals surface area contributed by atoms with E-state index in [0.29, 0.717) is 0 Å². The van der Waals surface area contributed by atoms with Gasteiger partial charge in [-0.15, -0.1) is 0 Å². The molecule has 0 fully saturated rings. The van der Waals surface area contributed by atoms with Gasteiger partial charge in [-0.25, -0.2) is 0 Å². The Labute approximate surface area is 48.7 Å². The summed E-state index contributed by atoms with van der Waals surface area (Å²) in [6, 6.07) is 0. The van der Waals surface area contributed by atoms with Gasteiger partial charge in [0.25, 0.3) is 0 Å². The van der Waals surface area contributed by atoms with Crippen LogP contribution in [0.4, 0.5) is 0 Å². The molecule has 0 aliphatic carbocycles. The second-order valence-corrected chi connectivity index (χ2v) is 1.94. The molecule has 0 saturated heterocycles. The van der Waals surface area contributed by atoms with Gasteiger partial charge in [-0.05, 0) is 0 Å². The van der Waals surface area contributed by atoms with E-state index in [0.717, 1.165) is 33.0 Å². The molecule has 0 aromatic rings. The van der Waals surface area contributed by atoms with Crippen LogP contribution in [-0.2, 0) is 0 Å². The molecule has 1 nitrogen and oxygen atoms in total. The van der Waals surface area contributed by atoms with Gasteiger partial charge in [-0.2, -0.15) is 0 Å². The van der Waals surface area contributed by atoms with Gasteiger partial charge in [0.1, 0.15) is 0 Å². The van der Waals surface area contributed by atoms with Gasteiger partial charge in [0, 0.05) is 0 Å². The second kappa shape index (κ2) is 22.1. The molecule has 0 aliphatic heterocycles. The fourth-order valence-electron chi connectivity index (χ4n) is 0. The van der Waals surface area contributed by atoms with E-state index in [9.17, 15) is 0 Å². The third kappa shape index (κ3) is 67.9. The molecule has 0 rings (SSSR count). The summed E-state index contributed by atoms with van der Waals surface area (Å²) in [5, 5.41) is 0. The predicted octanol–water partition coefficient (Wildman–Crippen LogP) is -1.71. The third-order valence-electron chi connectivity index (χ3n) is 0. The summed E-state index contributed by atoms with van der Waals surface area (Å²) in [6.07, 6.45) is 0. The fraction of sp³-hybridized carbons (Fsp3) is 0. The van der Waals surface area contributed by atoms with E-state index in [1.54, 1.807) is 0 Å². The second-order valence-electron chi connectivity index (χ2n) is 0.289. The topological polar surface area (TPSA) is 20.2 Å². The Hall–Kier alpha value is 0.716. The van der Waals surface area contributed by atoms with Crippen molar-refractivity contribution >= 4 is 33.0 Å². The van der Waals surface area contributed by atoms with Crippen LogP contribution in [0.1, 0.15) is 0 Å². The molecule has 0 heterocycles. The molecule has 0 unspecified atom stereocenters. The zero-order chi connectivity index (χ0) is 4.71. The van der Waals surface area contributed by atoms with E-state index in [-0.39, 0.29) is 0 Å². The molecule has 0 bridgehead atoms. The van der Waals surface area contributed by atoms with Gasteiger partial charge in [0.15, 0.2) is 10.5 Å². The molecule has 3 heteroatoms. The molecule has 1 N–H and O–H groups in total. The molecular weight excluding hydrogens is 187 g/mol. The van der Waals surface area contributed by atoms with Crippen LogP contribution in [0.2, 0.25) is 0 Å². The average Bonchev–Trinajstić information content (AvgIpc) is 1.46. The number of hydrogen-bond acceptors (Lipinski definition) is 1.